The molecule has 0 unspecified atom stereocenters. The minimum Gasteiger partial charge on any atom is -0.496 e. The van der Waals surface area contributed by atoms with Crippen molar-refractivity contribution in [3.05, 3.63) is 81.6 Å². The van der Waals surface area contributed by atoms with Gasteiger partial charge in [-0.25, -0.2) is 0 Å². The molecule has 0 fully saturated rings. The third-order valence-electron chi connectivity index (χ3n) is 4.61. The van der Waals surface area contributed by atoms with Gasteiger partial charge >= 0.3 is 0 Å². The summed E-state index contributed by atoms with van der Waals surface area (Å²) >= 11 is 3.41. The number of allylic oxidation sites excluding steroid dienone is 1. The summed E-state index contributed by atoms with van der Waals surface area (Å²) in [5, 5.41) is 4.23. The lowest BCUT2D eigenvalue weighted by Gasteiger charge is -2.11. The van der Waals surface area contributed by atoms with Crippen LogP contribution >= 0.6 is 15.9 Å². The molecular formula is C23H23BrN2O3. The second-order valence-corrected chi connectivity index (χ2v) is 7.39. The lowest BCUT2D eigenvalue weighted by Crippen LogP contribution is -2.02. The van der Waals surface area contributed by atoms with Crippen LogP contribution in [-0.4, -0.2) is 22.7 Å². The number of carbonyl (C=O) groups is 1. The molecule has 150 valence electrons. The second kappa shape index (κ2) is 9.56. The van der Waals surface area contributed by atoms with Gasteiger partial charge in [0, 0.05) is 22.3 Å². The summed E-state index contributed by atoms with van der Waals surface area (Å²) in [7, 11) is 1.63. The molecule has 29 heavy (non-hydrogen) atoms. The van der Waals surface area contributed by atoms with Crippen molar-refractivity contribution in [2.75, 3.05) is 7.11 Å². The van der Waals surface area contributed by atoms with Gasteiger partial charge in [0.05, 0.1) is 18.9 Å². The first-order valence-electron chi connectivity index (χ1n) is 9.32. The van der Waals surface area contributed by atoms with E-state index in [1.54, 1.807) is 25.5 Å². The molecule has 3 aromatic rings. The van der Waals surface area contributed by atoms with Crippen molar-refractivity contribution < 1.29 is 14.3 Å². The van der Waals surface area contributed by atoms with Gasteiger partial charge in [-0.3, -0.25) is 9.48 Å². The average molecular weight is 455 g/mol. The van der Waals surface area contributed by atoms with Crippen LogP contribution in [0.3, 0.4) is 0 Å². The largest absolute Gasteiger partial charge is 0.496 e. The SMILES string of the molecule is CCn1ncc(C(=O)/C=C/c2ccc(OC)c(COc3ccc(Br)cc3)c2)c1C. The van der Waals surface area contributed by atoms with Crippen LogP contribution in [-0.2, 0) is 13.2 Å². The van der Waals surface area contributed by atoms with Gasteiger partial charge in [0.15, 0.2) is 5.78 Å². The summed E-state index contributed by atoms with van der Waals surface area (Å²) in [6.07, 6.45) is 5.00. The minimum absolute atomic E-state index is 0.0642. The minimum atomic E-state index is -0.0642. The zero-order chi connectivity index (χ0) is 20.8. The van der Waals surface area contributed by atoms with Gasteiger partial charge in [0.25, 0.3) is 0 Å². The number of hydrogen-bond donors (Lipinski definition) is 0. The van der Waals surface area contributed by atoms with E-state index in [9.17, 15) is 4.79 Å². The Morgan fingerprint density at radius 2 is 1.97 bits per heavy atom. The lowest BCUT2D eigenvalue weighted by atomic mass is 10.1. The van der Waals surface area contributed by atoms with Gasteiger partial charge in [0.2, 0.25) is 0 Å². The highest BCUT2D eigenvalue weighted by Gasteiger charge is 2.11. The third-order valence-corrected chi connectivity index (χ3v) is 5.14. The van der Waals surface area contributed by atoms with Crippen LogP contribution in [0.25, 0.3) is 6.08 Å². The number of aryl methyl sites for hydroxylation is 1. The summed E-state index contributed by atoms with van der Waals surface area (Å²) in [4.78, 5) is 12.5. The number of ether oxygens (including phenoxy) is 2. The fraction of sp³-hybridized carbons (Fsp3) is 0.217. The molecule has 6 heteroatoms. The van der Waals surface area contributed by atoms with E-state index in [2.05, 4.69) is 21.0 Å². The Balaban J connectivity index is 1.75. The monoisotopic (exact) mass is 454 g/mol. The number of nitrogens with zero attached hydrogens (tertiary/aromatic N) is 2. The maximum atomic E-state index is 12.5. The van der Waals surface area contributed by atoms with E-state index in [1.807, 2.05) is 61.0 Å². The molecule has 0 N–H and O–H groups in total. The molecule has 0 aliphatic heterocycles. The number of aromatic nitrogens is 2. The van der Waals surface area contributed by atoms with Gasteiger partial charge in [-0.15, -0.1) is 0 Å². The number of hydrogen-bond acceptors (Lipinski definition) is 4. The van der Waals surface area contributed by atoms with E-state index in [1.165, 1.54) is 0 Å². The summed E-state index contributed by atoms with van der Waals surface area (Å²) in [6.45, 7) is 5.01. The van der Waals surface area contributed by atoms with E-state index in [4.69, 9.17) is 9.47 Å². The quantitative estimate of drug-likeness (QED) is 0.335. The highest BCUT2D eigenvalue weighted by Crippen LogP contribution is 2.24. The number of benzene rings is 2. The van der Waals surface area contributed by atoms with Crippen LogP contribution < -0.4 is 9.47 Å². The van der Waals surface area contributed by atoms with Gasteiger partial charge < -0.3 is 9.47 Å². The van der Waals surface area contributed by atoms with Crippen LogP contribution in [0.2, 0.25) is 0 Å². The van der Waals surface area contributed by atoms with Crippen LogP contribution in [0, 0.1) is 6.92 Å². The average Bonchev–Trinajstić information content (AvgIpc) is 3.12. The van der Waals surface area contributed by atoms with Gasteiger partial charge in [0.1, 0.15) is 18.1 Å². The van der Waals surface area contributed by atoms with Gasteiger partial charge in [-0.1, -0.05) is 28.1 Å². The Labute approximate surface area is 179 Å². The number of methoxy groups -OCH3 is 1. The van der Waals surface area contributed by atoms with Crippen molar-refractivity contribution in [3.8, 4) is 11.5 Å². The number of rotatable bonds is 8. The van der Waals surface area contributed by atoms with Crippen molar-refractivity contribution in [1.82, 2.24) is 9.78 Å². The zero-order valence-electron chi connectivity index (χ0n) is 16.7. The molecule has 2 aromatic carbocycles. The molecule has 0 atom stereocenters. The van der Waals surface area contributed by atoms with Crippen LogP contribution in [0.5, 0.6) is 11.5 Å². The Morgan fingerprint density at radius 1 is 1.21 bits per heavy atom. The molecule has 1 aromatic heterocycles. The maximum absolute atomic E-state index is 12.5. The van der Waals surface area contributed by atoms with E-state index < -0.39 is 0 Å². The summed E-state index contributed by atoms with van der Waals surface area (Å²) in [5.74, 6) is 1.45. The fourth-order valence-electron chi connectivity index (χ4n) is 2.98. The maximum Gasteiger partial charge on any atom is 0.189 e. The predicted octanol–water partition coefficient (Wildman–Crippen LogP) is 5.46. The third kappa shape index (κ3) is 5.15. The molecule has 0 amide bonds. The van der Waals surface area contributed by atoms with Crippen LogP contribution in [0.4, 0.5) is 0 Å². The molecule has 1 heterocycles. The summed E-state index contributed by atoms with van der Waals surface area (Å²) in [6, 6.07) is 13.4. The first kappa shape index (κ1) is 20.9. The molecule has 0 spiro atoms. The summed E-state index contributed by atoms with van der Waals surface area (Å²) < 4.78 is 14.1. The molecule has 5 nitrogen and oxygen atoms in total. The first-order chi connectivity index (χ1) is 14.0. The van der Waals surface area contributed by atoms with E-state index >= 15 is 0 Å². The van der Waals surface area contributed by atoms with E-state index in [0.717, 1.165) is 39.3 Å². The topological polar surface area (TPSA) is 53.4 Å². The van der Waals surface area contributed by atoms with Crippen molar-refractivity contribution in [3.63, 3.8) is 0 Å². The highest BCUT2D eigenvalue weighted by atomic mass is 79.9. The smallest absolute Gasteiger partial charge is 0.189 e. The predicted molar refractivity (Wildman–Crippen MR) is 117 cm³/mol. The number of carbonyl (C=O) groups excluding carboxylic acids is 1. The second-order valence-electron chi connectivity index (χ2n) is 6.47. The molecule has 0 saturated carbocycles. The molecular weight excluding hydrogens is 432 g/mol. The number of halogens is 1. The van der Waals surface area contributed by atoms with Crippen molar-refractivity contribution >= 4 is 27.8 Å². The van der Waals surface area contributed by atoms with Crippen molar-refractivity contribution in [1.29, 1.82) is 0 Å². The molecule has 0 radical (unpaired) electrons. The Bertz CT molecular complexity index is 1020. The van der Waals surface area contributed by atoms with Crippen LogP contribution in [0.1, 0.15) is 34.1 Å². The normalized spacial score (nSPS) is 11.0. The fourth-order valence-corrected chi connectivity index (χ4v) is 3.24. The van der Waals surface area contributed by atoms with Crippen molar-refractivity contribution in [2.45, 2.75) is 27.0 Å². The van der Waals surface area contributed by atoms with E-state index in [0.29, 0.717) is 12.2 Å². The summed E-state index contributed by atoms with van der Waals surface area (Å²) in [5.41, 5.74) is 3.30. The van der Waals surface area contributed by atoms with Gasteiger partial charge in [-0.2, -0.15) is 5.10 Å². The molecule has 0 saturated heterocycles. The van der Waals surface area contributed by atoms with Crippen molar-refractivity contribution in [2.24, 2.45) is 0 Å². The molecule has 0 bridgehead atoms. The first-order valence-corrected chi connectivity index (χ1v) is 10.1. The Morgan fingerprint density at radius 3 is 2.62 bits per heavy atom. The highest BCUT2D eigenvalue weighted by molar-refractivity contribution is 9.10. The van der Waals surface area contributed by atoms with E-state index in [-0.39, 0.29) is 5.78 Å². The molecule has 0 aliphatic carbocycles. The van der Waals surface area contributed by atoms with Gasteiger partial charge in [-0.05, 0) is 61.9 Å². The molecule has 0 aliphatic rings. The Kier molecular flexibility index (Phi) is 6.88. The van der Waals surface area contributed by atoms with Crippen LogP contribution in [0.15, 0.2) is 59.2 Å². The standard InChI is InChI=1S/C23H23BrN2O3/c1-4-26-16(2)21(14-25-26)22(27)11-5-17-6-12-23(28-3)18(13-17)15-29-20-9-7-19(24)8-10-20/h5-14H,4,15H2,1-3H3/b11-5+. The molecule has 3 rings (SSSR count). The number of ketones is 1. The Hall–Kier alpha value is -2.86. The lowest BCUT2D eigenvalue weighted by molar-refractivity contribution is 0.104. The zero-order valence-corrected chi connectivity index (χ0v) is 18.3.